The number of fused-ring (bicyclic) bond motifs is 1. The average molecular weight is 240 g/mol. The molecule has 0 bridgehead atoms. The maximum Gasteiger partial charge on any atom is 0.210 e. The largest absolute Gasteiger partial charge is 0.394 e. The Labute approximate surface area is 103 Å². The quantitative estimate of drug-likeness (QED) is 0.721. The Bertz CT molecular complexity index is 661. The van der Waals surface area contributed by atoms with Crippen LogP contribution in [0.1, 0.15) is 5.56 Å². The number of hydrogen-bond donors (Lipinski definition) is 2. The molecule has 2 aromatic heterocycles. The zero-order valence-corrected chi connectivity index (χ0v) is 9.61. The van der Waals surface area contributed by atoms with E-state index in [1.54, 1.807) is 16.9 Å². The monoisotopic (exact) mass is 240 g/mol. The van der Waals surface area contributed by atoms with E-state index in [1.807, 2.05) is 30.3 Å². The molecule has 1 aromatic carbocycles. The van der Waals surface area contributed by atoms with Crippen LogP contribution in [-0.4, -0.2) is 19.6 Å². The lowest BCUT2D eigenvalue weighted by molar-refractivity contribution is 1.01. The van der Waals surface area contributed by atoms with Crippen LogP contribution in [0.3, 0.4) is 0 Å². The SMILES string of the molecule is Nc1cnc(NCc2ccccc2)n2cnnc12. The van der Waals surface area contributed by atoms with Gasteiger partial charge in [-0.05, 0) is 5.56 Å². The molecule has 0 aliphatic carbocycles. The van der Waals surface area contributed by atoms with E-state index in [9.17, 15) is 0 Å². The molecule has 0 atom stereocenters. The van der Waals surface area contributed by atoms with Gasteiger partial charge in [0.05, 0.1) is 11.9 Å². The van der Waals surface area contributed by atoms with Crippen LogP contribution in [-0.2, 0) is 6.54 Å². The van der Waals surface area contributed by atoms with Gasteiger partial charge in [0.1, 0.15) is 6.33 Å². The van der Waals surface area contributed by atoms with Crippen molar-refractivity contribution in [1.82, 2.24) is 19.6 Å². The van der Waals surface area contributed by atoms with Gasteiger partial charge in [-0.2, -0.15) is 0 Å². The van der Waals surface area contributed by atoms with Gasteiger partial charge in [-0.3, -0.25) is 0 Å². The lowest BCUT2D eigenvalue weighted by Gasteiger charge is -2.08. The molecule has 0 saturated carbocycles. The topological polar surface area (TPSA) is 81.1 Å². The standard InChI is InChI=1S/C12H12N6/c13-10-7-15-12(18-8-16-17-11(10)18)14-6-9-4-2-1-3-5-9/h1-5,7-8H,6,13H2,(H,14,15). The van der Waals surface area contributed by atoms with E-state index in [1.165, 1.54) is 5.56 Å². The second kappa shape index (κ2) is 4.33. The number of hydrogen-bond acceptors (Lipinski definition) is 5. The van der Waals surface area contributed by atoms with Crippen LogP contribution >= 0.6 is 0 Å². The maximum absolute atomic E-state index is 5.76. The van der Waals surface area contributed by atoms with Gasteiger partial charge in [0.15, 0.2) is 5.65 Å². The van der Waals surface area contributed by atoms with Gasteiger partial charge in [-0.15, -0.1) is 10.2 Å². The van der Waals surface area contributed by atoms with E-state index in [0.29, 0.717) is 23.8 Å². The van der Waals surface area contributed by atoms with Crippen molar-refractivity contribution in [2.75, 3.05) is 11.1 Å². The number of nitrogens with two attached hydrogens (primary N) is 1. The summed E-state index contributed by atoms with van der Waals surface area (Å²) >= 11 is 0. The number of nitrogens with one attached hydrogen (secondary N) is 1. The Morgan fingerprint density at radius 1 is 1.22 bits per heavy atom. The van der Waals surface area contributed by atoms with E-state index in [4.69, 9.17) is 5.73 Å². The first-order valence-corrected chi connectivity index (χ1v) is 5.56. The van der Waals surface area contributed by atoms with Gasteiger partial charge >= 0.3 is 0 Å². The molecule has 0 aliphatic heterocycles. The number of benzene rings is 1. The highest BCUT2D eigenvalue weighted by molar-refractivity contribution is 5.64. The molecule has 0 spiro atoms. The van der Waals surface area contributed by atoms with Crippen LogP contribution in [0.2, 0.25) is 0 Å². The van der Waals surface area contributed by atoms with E-state index >= 15 is 0 Å². The minimum absolute atomic E-state index is 0.512. The van der Waals surface area contributed by atoms with Crippen molar-refractivity contribution in [1.29, 1.82) is 0 Å². The molecule has 3 rings (SSSR count). The molecular formula is C12H12N6. The lowest BCUT2D eigenvalue weighted by atomic mass is 10.2. The highest BCUT2D eigenvalue weighted by atomic mass is 15.3. The summed E-state index contributed by atoms with van der Waals surface area (Å²) in [7, 11) is 0. The highest BCUT2D eigenvalue weighted by Crippen LogP contribution is 2.14. The second-order valence-electron chi connectivity index (χ2n) is 3.90. The van der Waals surface area contributed by atoms with E-state index < -0.39 is 0 Å². The van der Waals surface area contributed by atoms with Crippen LogP contribution in [0.5, 0.6) is 0 Å². The number of nitrogens with zero attached hydrogens (tertiary/aromatic N) is 4. The van der Waals surface area contributed by atoms with Crippen molar-refractivity contribution in [3.8, 4) is 0 Å². The molecule has 6 nitrogen and oxygen atoms in total. The highest BCUT2D eigenvalue weighted by Gasteiger charge is 2.06. The molecule has 0 fully saturated rings. The van der Waals surface area contributed by atoms with Gasteiger partial charge in [0.25, 0.3) is 0 Å². The molecule has 18 heavy (non-hydrogen) atoms. The summed E-state index contributed by atoms with van der Waals surface area (Å²) in [4.78, 5) is 4.24. The fourth-order valence-electron chi connectivity index (χ4n) is 1.75. The summed E-state index contributed by atoms with van der Waals surface area (Å²) in [5, 5.41) is 11.0. The Morgan fingerprint density at radius 2 is 2.06 bits per heavy atom. The summed E-state index contributed by atoms with van der Waals surface area (Å²) in [5.41, 5.74) is 8.06. The summed E-state index contributed by atoms with van der Waals surface area (Å²) in [6.45, 7) is 0.686. The Morgan fingerprint density at radius 3 is 2.89 bits per heavy atom. The van der Waals surface area contributed by atoms with Crippen LogP contribution in [0.25, 0.3) is 5.65 Å². The zero-order valence-electron chi connectivity index (χ0n) is 9.61. The number of nitrogen functional groups attached to an aromatic ring is 1. The molecule has 0 saturated heterocycles. The molecule has 3 N–H and O–H groups in total. The summed E-state index contributed by atoms with van der Waals surface area (Å²) < 4.78 is 1.73. The normalized spacial score (nSPS) is 10.7. The third-order valence-corrected chi connectivity index (χ3v) is 2.65. The van der Waals surface area contributed by atoms with Gasteiger partial charge in [-0.1, -0.05) is 30.3 Å². The van der Waals surface area contributed by atoms with Crippen molar-refractivity contribution >= 4 is 17.3 Å². The summed E-state index contributed by atoms with van der Waals surface area (Å²) in [6.07, 6.45) is 3.17. The van der Waals surface area contributed by atoms with Gasteiger partial charge in [0, 0.05) is 6.54 Å². The third kappa shape index (κ3) is 1.84. The number of aromatic nitrogens is 4. The van der Waals surface area contributed by atoms with Crippen molar-refractivity contribution in [3.63, 3.8) is 0 Å². The Kier molecular flexibility index (Phi) is 2.53. The third-order valence-electron chi connectivity index (χ3n) is 2.65. The second-order valence-corrected chi connectivity index (χ2v) is 3.90. The molecular weight excluding hydrogens is 228 g/mol. The summed E-state index contributed by atoms with van der Waals surface area (Å²) in [6, 6.07) is 10.1. The van der Waals surface area contributed by atoms with E-state index in [2.05, 4.69) is 20.5 Å². The Balaban J connectivity index is 1.87. The van der Waals surface area contributed by atoms with Gasteiger partial charge in [0.2, 0.25) is 5.95 Å². The Hall–Kier alpha value is -2.63. The molecule has 0 amide bonds. The smallest absolute Gasteiger partial charge is 0.210 e. The van der Waals surface area contributed by atoms with E-state index in [0.717, 1.165) is 0 Å². The van der Waals surface area contributed by atoms with Crippen molar-refractivity contribution in [3.05, 3.63) is 48.4 Å². The first-order valence-electron chi connectivity index (χ1n) is 5.56. The molecule has 0 unspecified atom stereocenters. The first kappa shape index (κ1) is 10.5. The van der Waals surface area contributed by atoms with Gasteiger partial charge < -0.3 is 11.1 Å². The molecule has 3 aromatic rings. The predicted octanol–water partition coefficient (Wildman–Crippen LogP) is 1.32. The van der Waals surface area contributed by atoms with Crippen LogP contribution in [0, 0.1) is 0 Å². The predicted molar refractivity (Wildman–Crippen MR) is 69.0 cm³/mol. The molecule has 6 heteroatoms. The maximum atomic E-state index is 5.76. The zero-order chi connectivity index (χ0) is 12.4. The van der Waals surface area contributed by atoms with Crippen LogP contribution in [0.15, 0.2) is 42.9 Å². The van der Waals surface area contributed by atoms with Crippen molar-refractivity contribution in [2.24, 2.45) is 0 Å². The van der Waals surface area contributed by atoms with Crippen LogP contribution in [0.4, 0.5) is 11.6 Å². The van der Waals surface area contributed by atoms with Gasteiger partial charge in [-0.25, -0.2) is 9.38 Å². The fraction of sp³-hybridized carbons (Fsp3) is 0.0833. The number of anilines is 2. The minimum Gasteiger partial charge on any atom is -0.394 e. The molecule has 0 aliphatic rings. The van der Waals surface area contributed by atoms with E-state index in [-0.39, 0.29) is 0 Å². The fourth-order valence-corrected chi connectivity index (χ4v) is 1.75. The average Bonchev–Trinajstić information content (AvgIpc) is 2.90. The van der Waals surface area contributed by atoms with Crippen LogP contribution < -0.4 is 11.1 Å². The van der Waals surface area contributed by atoms with Crippen molar-refractivity contribution in [2.45, 2.75) is 6.54 Å². The number of rotatable bonds is 3. The summed E-state index contributed by atoms with van der Waals surface area (Å²) in [5.74, 6) is 0.674. The molecule has 2 heterocycles. The lowest BCUT2D eigenvalue weighted by Crippen LogP contribution is -2.07. The minimum atomic E-state index is 0.512. The first-order chi connectivity index (χ1) is 8.84. The molecule has 90 valence electrons. The van der Waals surface area contributed by atoms with Crippen molar-refractivity contribution < 1.29 is 0 Å². The molecule has 0 radical (unpaired) electrons.